The number of aromatic hydroxyl groups is 1. The van der Waals surface area contributed by atoms with E-state index in [9.17, 15) is 9.90 Å². The van der Waals surface area contributed by atoms with Gasteiger partial charge in [0.2, 0.25) is 5.91 Å². The van der Waals surface area contributed by atoms with Crippen LogP contribution in [0.2, 0.25) is 10.0 Å². The molecule has 0 unspecified atom stereocenters. The Morgan fingerprint density at radius 2 is 1.83 bits per heavy atom. The van der Waals surface area contributed by atoms with Crippen molar-refractivity contribution in [3.05, 3.63) is 27.7 Å². The van der Waals surface area contributed by atoms with Gasteiger partial charge in [-0.05, 0) is 30.4 Å². The molecule has 0 atom stereocenters. The van der Waals surface area contributed by atoms with Crippen LogP contribution in [0.3, 0.4) is 0 Å². The normalized spacial score (nSPS) is 16.9. The zero-order chi connectivity index (χ0) is 13.3. The van der Waals surface area contributed by atoms with Gasteiger partial charge < -0.3 is 10.0 Å². The highest BCUT2D eigenvalue weighted by atomic mass is 35.5. The number of phenols is 1. The zero-order valence-electron chi connectivity index (χ0n) is 10.1. The van der Waals surface area contributed by atoms with E-state index in [0.29, 0.717) is 10.0 Å². The van der Waals surface area contributed by atoms with Crippen molar-refractivity contribution in [1.82, 2.24) is 4.90 Å². The molecule has 5 heteroatoms. The van der Waals surface area contributed by atoms with Crippen molar-refractivity contribution in [3.63, 3.8) is 0 Å². The Labute approximate surface area is 116 Å². The fraction of sp³-hybridized carbons (Fsp3) is 0.462. The lowest BCUT2D eigenvalue weighted by Crippen LogP contribution is -2.36. The summed E-state index contributed by atoms with van der Waals surface area (Å²) in [4.78, 5) is 13.1. The van der Waals surface area contributed by atoms with Crippen LogP contribution in [-0.4, -0.2) is 29.0 Å². The second kappa shape index (κ2) is 5.37. The van der Waals surface area contributed by atoms with E-state index in [1.807, 2.05) is 4.90 Å². The third-order valence-electron chi connectivity index (χ3n) is 3.45. The lowest BCUT2D eigenvalue weighted by Gasteiger charge is -2.31. The maximum atomic E-state index is 11.2. The number of rotatable bonds is 1. The molecule has 0 saturated carbocycles. The number of nitrogens with zero attached hydrogens (tertiary/aromatic N) is 1. The standard InChI is InChI=1S/C13H15Cl2NO2/c1-8(17)16-4-2-9(3-5-16)10-6-11(14)12(15)7-13(10)18/h6-7,9,18H,2-5H2,1H3. The first-order chi connectivity index (χ1) is 8.49. The molecule has 1 heterocycles. The molecule has 98 valence electrons. The summed E-state index contributed by atoms with van der Waals surface area (Å²) in [6, 6.07) is 3.21. The van der Waals surface area contributed by atoms with E-state index in [0.717, 1.165) is 31.5 Å². The molecule has 0 bridgehead atoms. The third-order valence-corrected chi connectivity index (χ3v) is 4.17. The summed E-state index contributed by atoms with van der Waals surface area (Å²) in [5, 5.41) is 10.7. The fourth-order valence-corrected chi connectivity index (χ4v) is 2.71. The second-order valence-electron chi connectivity index (χ2n) is 4.61. The number of hydrogen-bond donors (Lipinski definition) is 1. The summed E-state index contributed by atoms with van der Waals surface area (Å²) in [5.74, 6) is 0.521. The molecule has 0 aromatic heterocycles. The number of piperidine rings is 1. The number of carbonyl (C=O) groups excluding carboxylic acids is 1. The minimum Gasteiger partial charge on any atom is -0.508 e. The van der Waals surface area contributed by atoms with Gasteiger partial charge in [-0.3, -0.25) is 4.79 Å². The number of carbonyl (C=O) groups is 1. The number of benzene rings is 1. The molecule has 3 nitrogen and oxygen atoms in total. The molecule has 2 rings (SSSR count). The molecular formula is C13H15Cl2NO2. The van der Waals surface area contributed by atoms with Crippen molar-refractivity contribution < 1.29 is 9.90 Å². The highest BCUT2D eigenvalue weighted by Gasteiger charge is 2.24. The summed E-state index contributed by atoms with van der Waals surface area (Å²) >= 11 is 11.8. The van der Waals surface area contributed by atoms with Gasteiger partial charge in [0.15, 0.2) is 0 Å². The van der Waals surface area contributed by atoms with Crippen LogP contribution in [-0.2, 0) is 4.79 Å². The Hall–Kier alpha value is -0.930. The van der Waals surface area contributed by atoms with Crippen molar-refractivity contribution in [2.75, 3.05) is 13.1 Å². The smallest absolute Gasteiger partial charge is 0.219 e. The number of amides is 1. The van der Waals surface area contributed by atoms with Crippen molar-refractivity contribution in [1.29, 1.82) is 0 Å². The van der Waals surface area contributed by atoms with Gasteiger partial charge in [-0.1, -0.05) is 23.2 Å². The predicted octanol–water partition coefficient (Wildman–Crippen LogP) is 3.42. The molecule has 1 N–H and O–H groups in total. The van der Waals surface area contributed by atoms with E-state index >= 15 is 0 Å². The van der Waals surface area contributed by atoms with E-state index in [4.69, 9.17) is 23.2 Å². The molecule has 1 aromatic carbocycles. The monoisotopic (exact) mass is 287 g/mol. The van der Waals surface area contributed by atoms with Gasteiger partial charge in [-0.15, -0.1) is 0 Å². The Bertz CT molecular complexity index is 468. The maximum absolute atomic E-state index is 11.2. The third kappa shape index (κ3) is 2.73. The number of likely N-dealkylation sites (tertiary alicyclic amines) is 1. The van der Waals surface area contributed by atoms with Crippen molar-refractivity contribution in [2.24, 2.45) is 0 Å². The second-order valence-corrected chi connectivity index (χ2v) is 5.42. The molecule has 18 heavy (non-hydrogen) atoms. The van der Waals surface area contributed by atoms with E-state index in [2.05, 4.69) is 0 Å². The topological polar surface area (TPSA) is 40.5 Å². The Balaban J connectivity index is 2.15. The van der Waals surface area contributed by atoms with Gasteiger partial charge in [-0.25, -0.2) is 0 Å². The molecule has 1 amide bonds. The van der Waals surface area contributed by atoms with Gasteiger partial charge >= 0.3 is 0 Å². The largest absolute Gasteiger partial charge is 0.508 e. The molecular weight excluding hydrogens is 273 g/mol. The van der Waals surface area contributed by atoms with Crippen molar-refractivity contribution in [2.45, 2.75) is 25.7 Å². The Morgan fingerprint density at radius 1 is 1.28 bits per heavy atom. The highest BCUT2D eigenvalue weighted by Crippen LogP contribution is 2.38. The van der Waals surface area contributed by atoms with Crippen LogP contribution in [0.25, 0.3) is 0 Å². The van der Waals surface area contributed by atoms with E-state index < -0.39 is 0 Å². The van der Waals surface area contributed by atoms with E-state index in [1.165, 1.54) is 6.07 Å². The van der Waals surface area contributed by atoms with Crippen LogP contribution in [0.5, 0.6) is 5.75 Å². The SMILES string of the molecule is CC(=O)N1CCC(c2cc(Cl)c(Cl)cc2O)CC1. The quantitative estimate of drug-likeness (QED) is 0.860. The van der Waals surface area contributed by atoms with Crippen LogP contribution in [0.1, 0.15) is 31.2 Å². The van der Waals surface area contributed by atoms with E-state index in [1.54, 1.807) is 13.0 Å². The minimum atomic E-state index is 0.104. The zero-order valence-corrected chi connectivity index (χ0v) is 11.6. The Morgan fingerprint density at radius 3 is 2.39 bits per heavy atom. The summed E-state index contributed by atoms with van der Waals surface area (Å²) in [6.45, 7) is 3.02. The van der Waals surface area contributed by atoms with Gasteiger partial charge in [-0.2, -0.15) is 0 Å². The molecule has 0 spiro atoms. The molecule has 0 aliphatic carbocycles. The lowest BCUT2D eigenvalue weighted by molar-refractivity contribution is -0.129. The number of halogens is 2. The summed E-state index contributed by atoms with van der Waals surface area (Å²) < 4.78 is 0. The fourth-order valence-electron chi connectivity index (χ4n) is 2.38. The van der Waals surface area contributed by atoms with Crippen molar-refractivity contribution >= 4 is 29.1 Å². The molecule has 1 aliphatic rings. The first-order valence-electron chi connectivity index (χ1n) is 5.92. The van der Waals surface area contributed by atoms with Crippen LogP contribution >= 0.6 is 23.2 Å². The van der Waals surface area contributed by atoms with Crippen LogP contribution in [0.4, 0.5) is 0 Å². The predicted molar refractivity (Wildman–Crippen MR) is 72.4 cm³/mol. The molecule has 1 aromatic rings. The van der Waals surface area contributed by atoms with Gasteiger partial charge in [0.25, 0.3) is 0 Å². The maximum Gasteiger partial charge on any atom is 0.219 e. The van der Waals surface area contributed by atoms with E-state index in [-0.39, 0.29) is 17.6 Å². The number of hydrogen-bond acceptors (Lipinski definition) is 2. The van der Waals surface area contributed by atoms with Crippen LogP contribution in [0, 0.1) is 0 Å². The van der Waals surface area contributed by atoms with Crippen LogP contribution < -0.4 is 0 Å². The molecule has 1 saturated heterocycles. The summed E-state index contributed by atoms with van der Waals surface area (Å²) in [5.41, 5.74) is 0.826. The highest BCUT2D eigenvalue weighted by molar-refractivity contribution is 6.42. The number of phenolic OH excluding ortho intramolecular Hbond substituents is 1. The van der Waals surface area contributed by atoms with Gasteiger partial charge in [0.05, 0.1) is 10.0 Å². The van der Waals surface area contributed by atoms with Gasteiger partial charge in [0, 0.05) is 26.1 Å². The summed E-state index contributed by atoms with van der Waals surface area (Å²) in [7, 11) is 0. The first kappa shape index (κ1) is 13.5. The van der Waals surface area contributed by atoms with Crippen LogP contribution in [0.15, 0.2) is 12.1 Å². The average molecular weight is 288 g/mol. The lowest BCUT2D eigenvalue weighted by atomic mass is 9.89. The molecule has 0 radical (unpaired) electrons. The Kier molecular flexibility index (Phi) is 4.03. The molecule has 1 aliphatic heterocycles. The van der Waals surface area contributed by atoms with Gasteiger partial charge in [0.1, 0.15) is 5.75 Å². The summed E-state index contributed by atoms with van der Waals surface area (Å²) in [6.07, 6.45) is 1.68. The minimum absolute atomic E-state index is 0.104. The van der Waals surface area contributed by atoms with Crippen molar-refractivity contribution in [3.8, 4) is 5.75 Å². The molecule has 1 fully saturated rings. The first-order valence-corrected chi connectivity index (χ1v) is 6.68. The average Bonchev–Trinajstić information content (AvgIpc) is 2.34.